The Labute approximate surface area is 159 Å². The van der Waals surface area contributed by atoms with Crippen LogP contribution < -0.4 is 5.32 Å². The molecule has 2 heterocycles. The predicted octanol–water partition coefficient (Wildman–Crippen LogP) is 2.62. The van der Waals surface area contributed by atoms with Crippen molar-refractivity contribution in [2.24, 2.45) is 5.92 Å². The van der Waals surface area contributed by atoms with E-state index in [4.69, 9.17) is 0 Å². The summed E-state index contributed by atoms with van der Waals surface area (Å²) in [6.45, 7) is 3.26. The monoisotopic (exact) mass is 391 g/mol. The summed E-state index contributed by atoms with van der Waals surface area (Å²) < 4.78 is 26.3. The first-order chi connectivity index (χ1) is 12.9. The van der Waals surface area contributed by atoms with Crippen molar-refractivity contribution in [1.82, 2.24) is 19.7 Å². The number of sulfone groups is 1. The summed E-state index contributed by atoms with van der Waals surface area (Å²) in [5.74, 6) is 0.589. The third kappa shape index (κ3) is 4.52. The van der Waals surface area contributed by atoms with E-state index in [0.717, 1.165) is 25.7 Å². The van der Waals surface area contributed by atoms with Crippen molar-refractivity contribution in [3.63, 3.8) is 0 Å². The van der Waals surface area contributed by atoms with Crippen molar-refractivity contribution < 1.29 is 13.2 Å². The third-order valence-corrected chi connectivity index (χ3v) is 7.12. The number of carbonyl (C=O) groups excluding carboxylic acids is 1. The van der Waals surface area contributed by atoms with E-state index in [-0.39, 0.29) is 10.8 Å². The van der Waals surface area contributed by atoms with Gasteiger partial charge in [0.1, 0.15) is 23.1 Å². The molecule has 1 aliphatic carbocycles. The predicted molar refractivity (Wildman–Crippen MR) is 101 cm³/mol. The molecule has 0 spiro atoms. The molecular weight excluding hydrogens is 366 g/mol. The number of hydrogen-bond acceptors (Lipinski definition) is 6. The summed E-state index contributed by atoms with van der Waals surface area (Å²) in [6, 6.07) is 1.03. The van der Waals surface area contributed by atoms with Gasteiger partial charge >= 0.3 is 0 Å². The molecule has 0 unspecified atom stereocenters. The topological polar surface area (TPSA) is 107 Å². The fraction of sp³-hybridized carbons (Fsp3) is 0.556. The zero-order chi connectivity index (χ0) is 19.4. The van der Waals surface area contributed by atoms with Crippen molar-refractivity contribution >= 4 is 21.6 Å². The Morgan fingerprint density at radius 3 is 2.70 bits per heavy atom. The molecule has 9 heteroatoms. The largest absolute Gasteiger partial charge is 0.309 e. The van der Waals surface area contributed by atoms with Gasteiger partial charge in [-0.25, -0.2) is 18.4 Å². The Morgan fingerprint density at radius 2 is 2.07 bits per heavy atom. The molecule has 2 aromatic heterocycles. The second-order valence-corrected chi connectivity index (χ2v) is 9.74. The zero-order valence-electron chi connectivity index (χ0n) is 15.6. The van der Waals surface area contributed by atoms with Crippen LogP contribution in [0, 0.1) is 5.92 Å². The second kappa shape index (κ2) is 8.16. The summed E-state index contributed by atoms with van der Waals surface area (Å²) in [4.78, 5) is 20.9. The van der Waals surface area contributed by atoms with Gasteiger partial charge < -0.3 is 5.32 Å². The van der Waals surface area contributed by atoms with Crippen LogP contribution >= 0.6 is 0 Å². The summed E-state index contributed by atoms with van der Waals surface area (Å²) in [6.07, 6.45) is 10.8. The van der Waals surface area contributed by atoms with Crippen LogP contribution in [-0.4, -0.2) is 39.3 Å². The quantitative estimate of drug-likeness (QED) is 0.777. The van der Waals surface area contributed by atoms with E-state index >= 15 is 0 Å². The van der Waals surface area contributed by atoms with E-state index in [1.165, 1.54) is 23.4 Å². The van der Waals surface area contributed by atoms with Gasteiger partial charge in [0.25, 0.3) is 0 Å². The number of hydrogen-bond donors (Lipinski definition) is 1. The first-order valence-corrected chi connectivity index (χ1v) is 10.8. The number of amides is 1. The van der Waals surface area contributed by atoms with Crippen LogP contribution in [0.5, 0.6) is 0 Å². The summed E-state index contributed by atoms with van der Waals surface area (Å²) in [5, 5.41) is 6.46. The molecule has 1 atom stereocenters. The molecule has 1 saturated carbocycles. The maximum absolute atomic E-state index is 12.9. The maximum atomic E-state index is 12.9. The molecule has 2 aromatic rings. The Morgan fingerprint density at radius 1 is 1.33 bits per heavy atom. The highest BCUT2D eigenvalue weighted by atomic mass is 32.2. The number of anilines is 1. The Hall–Kier alpha value is -2.29. The first kappa shape index (κ1) is 19.5. The lowest BCUT2D eigenvalue weighted by Gasteiger charge is -2.20. The van der Waals surface area contributed by atoms with Gasteiger partial charge in [-0.05, 0) is 32.3 Å². The van der Waals surface area contributed by atoms with Gasteiger partial charge in [-0.1, -0.05) is 25.7 Å². The number of carbonyl (C=O) groups is 1. The van der Waals surface area contributed by atoms with Crippen LogP contribution in [-0.2, 0) is 14.6 Å². The highest BCUT2D eigenvalue weighted by molar-refractivity contribution is 7.92. The fourth-order valence-corrected chi connectivity index (χ4v) is 4.37. The van der Waals surface area contributed by atoms with Gasteiger partial charge in [0.15, 0.2) is 9.84 Å². The molecule has 27 heavy (non-hydrogen) atoms. The van der Waals surface area contributed by atoms with Gasteiger partial charge in [0, 0.05) is 12.4 Å². The van der Waals surface area contributed by atoms with E-state index in [1.807, 2.05) is 0 Å². The normalized spacial score (nSPS) is 16.6. The number of nitrogens with one attached hydrogen (secondary N) is 1. The average Bonchev–Trinajstić information content (AvgIpc) is 3.32. The number of nitrogens with zero attached hydrogens (tertiary/aromatic N) is 4. The van der Waals surface area contributed by atoms with Crippen molar-refractivity contribution in [1.29, 1.82) is 0 Å². The highest BCUT2D eigenvalue weighted by Crippen LogP contribution is 2.32. The molecular formula is C18H25N5O3S. The van der Waals surface area contributed by atoms with Crippen molar-refractivity contribution in [2.75, 3.05) is 5.32 Å². The van der Waals surface area contributed by atoms with E-state index in [2.05, 4.69) is 20.4 Å². The Bertz CT molecular complexity index is 873. The van der Waals surface area contributed by atoms with Gasteiger partial charge in [0.2, 0.25) is 5.91 Å². The Balaban J connectivity index is 1.85. The molecule has 3 rings (SSSR count). The van der Waals surface area contributed by atoms with Gasteiger partial charge in [-0.2, -0.15) is 5.10 Å². The second-order valence-electron chi connectivity index (χ2n) is 7.24. The van der Waals surface area contributed by atoms with E-state index < -0.39 is 21.1 Å². The zero-order valence-corrected chi connectivity index (χ0v) is 16.4. The van der Waals surface area contributed by atoms with E-state index in [9.17, 15) is 13.2 Å². The molecule has 0 bridgehead atoms. The smallest absolute Gasteiger partial charge is 0.250 e. The van der Waals surface area contributed by atoms with Crippen LogP contribution in [0.1, 0.15) is 52.0 Å². The lowest BCUT2D eigenvalue weighted by Crippen LogP contribution is -2.28. The van der Waals surface area contributed by atoms with Crippen LogP contribution in [0.15, 0.2) is 35.9 Å². The minimum Gasteiger partial charge on any atom is -0.309 e. The molecule has 8 nitrogen and oxygen atoms in total. The van der Waals surface area contributed by atoms with Gasteiger partial charge in [-0.15, -0.1) is 0 Å². The molecule has 0 aliphatic heterocycles. The molecule has 146 valence electrons. The highest BCUT2D eigenvalue weighted by Gasteiger charge is 2.29. The lowest BCUT2D eigenvalue weighted by atomic mass is 9.98. The minimum atomic E-state index is -3.44. The molecule has 1 amide bonds. The standard InChI is InChI=1S/C18H25N5O3S/c1-13(2)27(25,26)15-10-21-23(11-15)16(9-14-5-3-4-6-14)18(24)22-17-7-8-19-12-20-17/h7-8,10-14,16H,3-6,9H2,1-2H3,(H,19,20,22,24)/t16-/m0/s1. The van der Waals surface area contributed by atoms with Crippen molar-refractivity contribution in [3.8, 4) is 0 Å². The molecule has 1 aliphatic rings. The molecule has 1 N–H and O–H groups in total. The summed E-state index contributed by atoms with van der Waals surface area (Å²) in [7, 11) is -3.44. The van der Waals surface area contributed by atoms with Crippen molar-refractivity contribution in [3.05, 3.63) is 31.0 Å². The number of rotatable bonds is 7. The molecule has 0 saturated heterocycles. The molecule has 0 radical (unpaired) electrons. The Kier molecular flexibility index (Phi) is 5.88. The molecule has 0 aromatic carbocycles. The summed E-state index contributed by atoms with van der Waals surface area (Å²) >= 11 is 0. The fourth-order valence-electron chi connectivity index (χ4n) is 3.38. The SMILES string of the molecule is CC(C)S(=O)(=O)c1cnn([C@@H](CC2CCCC2)C(=O)Nc2ccncn2)c1. The maximum Gasteiger partial charge on any atom is 0.250 e. The lowest BCUT2D eigenvalue weighted by molar-refractivity contribution is -0.120. The van der Waals surface area contributed by atoms with E-state index in [1.54, 1.807) is 26.1 Å². The first-order valence-electron chi connectivity index (χ1n) is 9.23. The van der Waals surface area contributed by atoms with Crippen LogP contribution in [0.4, 0.5) is 5.82 Å². The minimum absolute atomic E-state index is 0.142. The van der Waals surface area contributed by atoms with Crippen LogP contribution in [0.2, 0.25) is 0 Å². The van der Waals surface area contributed by atoms with Crippen molar-refractivity contribution in [2.45, 2.75) is 62.1 Å². The average molecular weight is 391 g/mol. The van der Waals surface area contributed by atoms with Gasteiger partial charge in [0.05, 0.1) is 11.4 Å². The third-order valence-electron chi connectivity index (χ3n) is 5.01. The summed E-state index contributed by atoms with van der Waals surface area (Å²) in [5.41, 5.74) is 0. The molecule has 1 fully saturated rings. The van der Waals surface area contributed by atoms with Gasteiger partial charge in [-0.3, -0.25) is 9.48 Å². The van der Waals surface area contributed by atoms with Crippen LogP contribution in [0.3, 0.4) is 0 Å². The number of aromatic nitrogens is 4. The van der Waals surface area contributed by atoms with E-state index in [0.29, 0.717) is 18.2 Å². The van der Waals surface area contributed by atoms with Crippen LogP contribution in [0.25, 0.3) is 0 Å².